The van der Waals surface area contributed by atoms with Gasteiger partial charge in [0.15, 0.2) is 0 Å². The molecule has 0 heterocycles. The van der Waals surface area contributed by atoms with Crippen LogP contribution in [0.4, 0.5) is 0 Å². The van der Waals surface area contributed by atoms with Crippen LogP contribution in [-0.4, -0.2) is 0 Å². The Morgan fingerprint density at radius 3 is 1.60 bits per heavy atom. The third-order valence-corrected chi connectivity index (χ3v) is 3.25. The summed E-state index contributed by atoms with van der Waals surface area (Å²) in [5.41, 5.74) is 2.14. The van der Waals surface area contributed by atoms with Crippen molar-refractivity contribution in [3.05, 3.63) is 16.9 Å². The Labute approximate surface area is 98.3 Å². The molecule has 0 atom stereocenters. The zero-order valence-electron chi connectivity index (χ0n) is 6.26. The molecule has 0 nitrogen and oxygen atoms in total. The van der Waals surface area contributed by atoms with E-state index in [2.05, 4.69) is 0 Å². The first kappa shape index (κ1) is 11.4. The van der Waals surface area contributed by atoms with E-state index in [1.807, 2.05) is 20.8 Å². The van der Waals surface area contributed by atoms with Gasteiger partial charge in [0.1, 0.15) is 0 Å². The van der Waals surface area contributed by atoms with E-state index in [0.717, 1.165) is 55.6 Å². The fraction of sp³-hybridized carbons (Fsp3) is 0.429. The van der Waals surface area contributed by atoms with Gasteiger partial charge in [-0.2, -0.15) is 0 Å². The van der Waals surface area contributed by atoms with Gasteiger partial charge in [-0.15, -0.1) is 0 Å². The van der Waals surface area contributed by atoms with Crippen molar-refractivity contribution in [3.63, 3.8) is 0 Å². The normalized spacial score (nSPS) is 12.4. The molecule has 0 radical (unpaired) electrons. The van der Waals surface area contributed by atoms with Crippen molar-refractivity contribution in [2.75, 3.05) is 0 Å². The van der Waals surface area contributed by atoms with E-state index in [-0.39, 0.29) is 0 Å². The predicted molar refractivity (Wildman–Crippen MR) is 42.8 cm³/mol. The molecular weight excluding hydrogens is 299 g/mol. The molecular formula is C7H9Cl2Nd. The van der Waals surface area contributed by atoms with E-state index in [1.54, 1.807) is 0 Å². The van der Waals surface area contributed by atoms with E-state index >= 15 is 0 Å². The first-order chi connectivity index (χ1) is 4.46. The average molecular weight is 308 g/mol. The van der Waals surface area contributed by atoms with Gasteiger partial charge in [-0.05, 0) is 0 Å². The maximum absolute atomic E-state index is 5.92. The van der Waals surface area contributed by atoms with Crippen LogP contribution in [0.5, 0.6) is 0 Å². The predicted octanol–water partition coefficient (Wildman–Crippen LogP) is 3.54. The molecule has 0 aliphatic rings. The summed E-state index contributed by atoms with van der Waals surface area (Å²) < 4.78 is 0.895. The summed E-state index contributed by atoms with van der Waals surface area (Å²) >= 11 is 12.6. The van der Waals surface area contributed by atoms with E-state index in [0.29, 0.717) is 0 Å². The summed E-state index contributed by atoms with van der Waals surface area (Å²) in [6.07, 6.45) is 0. The number of hydrogen-bond donors (Lipinski definition) is 0. The molecule has 0 spiro atoms. The second-order valence-electron chi connectivity index (χ2n) is 2.25. The SMILES string of the molecule is CC(C)=C(Cl)C(C)=[C](Cl)[Nd]. The van der Waals surface area contributed by atoms with Gasteiger partial charge in [0.2, 0.25) is 0 Å². The monoisotopic (exact) mass is 305 g/mol. The summed E-state index contributed by atoms with van der Waals surface area (Å²) in [5.74, 6) is 0. The third-order valence-electron chi connectivity index (χ3n) is 1.10. The van der Waals surface area contributed by atoms with Gasteiger partial charge in [-0.25, -0.2) is 0 Å². The first-order valence-electron chi connectivity index (χ1n) is 2.88. The second-order valence-corrected chi connectivity index (χ2v) is 5.63. The fourth-order valence-corrected chi connectivity index (χ4v) is 1.36. The molecule has 10 heavy (non-hydrogen) atoms. The first-order valence-corrected chi connectivity index (χ1v) is 5.24. The van der Waals surface area contributed by atoms with Gasteiger partial charge in [0.25, 0.3) is 0 Å². The Balaban J connectivity index is 4.71. The van der Waals surface area contributed by atoms with Crippen molar-refractivity contribution >= 4 is 23.2 Å². The van der Waals surface area contributed by atoms with Crippen LogP contribution in [0.1, 0.15) is 20.8 Å². The van der Waals surface area contributed by atoms with Crippen LogP contribution in [0, 0.1) is 38.8 Å². The Kier molecular flexibility index (Phi) is 5.85. The number of rotatable bonds is 1. The summed E-state index contributed by atoms with van der Waals surface area (Å²) in [5, 5.41) is 0.806. The minimum atomic E-state index is 0.806. The van der Waals surface area contributed by atoms with Crippen molar-refractivity contribution in [1.82, 2.24) is 0 Å². The molecule has 0 saturated heterocycles. The van der Waals surface area contributed by atoms with Crippen molar-refractivity contribution in [2.45, 2.75) is 20.8 Å². The van der Waals surface area contributed by atoms with Crippen LogP contribution in [0.25, 0.3) is 0 Å². The van der Waals surface area contributed by atoms with Crippen LogP contribution in [-0.2, 0) is 0 Å². The molecule has 0 amide bonds. The van der Waals surface area contributed by atoms with Gasteiger partial charge in [0.05, 0.1) is 0 Å². The van der Waals surface area contributed by atoms with Crippen LogP contribution < -0.4 is 0 Å². The summed E-state index contributed by atoms with van der Waals surface area (Å²) in [4.78, 5) is 0. The van der Waals surface area contributed by atoms with Crippen LogP contribution in [0.3, 0.4) is 0 Å². The minimum absolute atomic E-state index is 0.806. The zero-order valence-corrected chi connectivity index (χ0v) is 11.0. The molecule has 0 N–H and O–H groups in total. The molecule has 0 rings (SSSR count). The standard InChI is InChI=1S/C7H9Cl2.Nd/c1-5(2)7(9)6(3)4-8;/h1-3H3;. The third kappa shape index (κ3) is 3.70. The zero-order chi connectivity index (χ0) is 8.31. The molecule has 0 saturated carbocycles. The van der Waals surface area contributed by atoms with Gasteiger partial charge >= 0.3 is 99.6 Å². The van der Waals surface area contributed by atoms with Gasteiger partial charge in [0, 0.05) is 0 Å². The quantitative estimate of drug-likeness (QED) is 0.650. The van der Waals surface area contributed by atoms with Gasteiger partial charge in [-0.3, -0.25) is 0 Å². The van der Waals surface area contributed by atoms with E-state index in [1.165, 1.54) is 0 Å². The van der Waals surface area contributed by atoms with Crippen molar-refractivity contribution in [3.8, 4) is 0 Å². The van der Waals surface area contributed by atoms with Crippen molar-refractivity contribution in [1.29, 1.82) is 0 Å². The molecule has 0 bridgehead atoms. The van der Waals surface area contributed by atoms with Gasteiger partial charge < -0.3 is 0 Å². The Bertz CT molecular complexity index is 162. The molecule has 0 unspecified atom stereocenters. The van der Waals surface area contributed by atoms with E-state index in [4.69, 9.17) is 23.2 Å². The number of halogens is 2. The topological polar surface area (TPSA) is 0 Å². The maximum atomic E-state index is 5.92. The molecule has 0 aromatic heterocycles. The fourth-order valence-electron chi connectivity index (χ4n) is 0.471. The molecule has 0 aliphatic heterocycles. The van der Waals surface area contributed by atoms with Crippen LogP contribution in [0.15, 0.2) is 16.9 Å². The average Bonchev–Trinajstić information content (AvgIpc) is 1.84. The summed E-state index contributed by atoms with van der Waals surface area (Å²) in [7, 11) is 0. The second kappa shape index (κ2) is 5.13. The molecule has 3 heteroatoms. The molecule has 55 valence electrons. The Morgan fingerprint density at radius 1 is 1.10 bits per heavy atom. The molecule has 0 aromatic rings. The molecule has 0 aliphatic carbocycles. The summed E-state index contributed by atoms with van der Waals surface area (Å²) in [6, 6.07) is 0. The molecule has 0 aromatic carbocycles. The van der Waals surface area contributed by atoms with Crippen molar-refractivity contribution < 1.29 is 38.8 Å². The number of hydrogen-bond acceptors (Lipinski definition) is 0. The Morgan fingerprint density at radius 2 is 1.50 bits per heavy atom. The van der Waals surface area contributed by atoms with E-state index < -0.39 is 0 Å². The Hall–Kier alpha value is 1.41. The van der Waals surface area contributed by atoms with Gasteiger partial charge in [-0.1, -0.05) is 0 Å². The molecule has 0 fully saturated rings. The number of allylic oxidation sites excluding steroid dienone is 3. The summed E-state index contributed by atoms with van der Waals surface area (Å²) in [6.45, 7) is 5.91. The van der Waals surface area contributed by atoms with E-state index in [9.17, 15) is 0 Å². The van der Waals surface area contributed by atoms with Crippen molar-refractivity contribution in [2.24, 2.45) is 0 Å². The van der Waals surface area contributed by atoms with Crippen LogP contribution in [0.2, 0.25) is 0 Å². The van der Waals surface area contributed by atoms with Crippen LogP contribution >= 0.6 is 23.2 Å².